The highest BCUT2D eigenvalue weighted by atomic mass is 16.9. The summed E-state index contributed by atoms with van der Waals surface area (Å²) in [5.74, 6) is -1.09. The molecule has 0 bridgehead atoms. The minimum absolute atomic E-state index is 0.0772. The Morgan fingerprint density at radius 1 is 0.800 bits per heavy atom. The molecule has 14 heteroatoms. The molecule has 5 unspecified atom stereocenters. The number of fused-ring (bicyclic) bond motifs is 4. The van der Waals surface area contributed by atoms with Crippen molar-refractivity contribution in [1.82, 2.24) is 0 Å². The van der Waals surface area contributed by atoms with Crippen LogP contribution in [0.15, 0.2) is 25.3 Å². The molecule has 5 aliphatic rings. The van der Waals surface area contributed by atoms with Gasteiger partial charge >= 0.3 is 18.3 Å². The monoisotopic (exact) mass is 572 g/mol. The molecule has 0 saturated carbocycles. The second-order valence-corrected chi connectivity index (χ2v) is 10.1. The van der Waals surface area contributed by atoms with Crippen LogP contribution in [0.1, 0.15) is 27.7 Å². The van der Waals surface area contributed by atoms with E-state index in [1.165, 1.54) is 19.1 Å². The molecule has 0 aromatic rings. The van der Waals surface area contributed by atoms with Gasteiger partial charge in [0.25, 0.3) is 0 Å². The fraction of sp³-hybridized carbons (Fsp3) is 0.731. The van der Waals surface area contributed by atoms with Gasteiger partial charge in [0.1, 0.15) is 43.7 Å². The summed E-state index contributed by atoms with van der Waals surface area (Å²) in [7, 11) is 0. The van der Waals surface area contributed by atoms with Gasteiger partial charge in [0, 0.05) is 6.92 Å². The van der Waals surface area contributed by atoms with E-state index in [9.17, 15) is 14.4 Å². The maximum Gasteiger partial charge on any atom is 0.509 e. The molecular weight excluding hydrogens is 536 g/mol. The van der Waals surface area contributed by atoms with Gasteiger partial charge in [-0.25, -0.2) is 9.59 Å². The van der Waals surface area contributed by atoms with Crippen molar-refractivity contribution >= 4 is 18.3 Å². The van der Waals surface area contributed by atoms with Gasteiger partial charge in [-0.1, -0.05) is 25.3 Å². The summed E-state index contributed by atoms with van der Waals surface area (Å²) in [5, 5.41) is 0. The van der Waals surface area contributed by atoms with E-state index in [4.69, 9.17) is 52.1 Å². The third-order valence-electron chi connectivity index (χ3n) is 6.58. The Balaban J connectivity index is 0.000000185. The summed E-state index contributed by atoms with van der Waals surface area (Å²) >= 11 is 0. The molecule has 40 heavy (non-hydrogen) atoms. The van der Waals surface area contributed by atoms with Crippen LogP contribution >= 0.6 is 0 Å². The van der Waals surface area contributed by atoms with E-state index in [1.54, 1.807) is 6.92 Å². The Morgan fingerprint density at radius 2 is 1.35 bits per heavy atom. The molecule has 0 spiro atoms. The van der Waals surface area contributed by atoms with Gasteiger partial charge < -0.3 is 52.1 Å². The average molecular weight is 573 g/mol. The van der Waals surface area contributed by atoms with Crippen molar-refractivity contribution in [2.45, 2.75) is 94.7 Å². The standard InChI is InChI=1S/2C13H18O7/c1-4-5-15-12(14)17-7-6-16-9-8(7)18-11-10(9)19-13(2,3)20-11;1-4-5-16-13(15)20-9-6-17-12-10(19-8(3)14)7(2)18-11(9)12/h4,7-11H,1,5-6H2,2-3H3;4,7,9-12H,1,5-6H2,2-3H3/t7-,8?,9?,10-,11-;7?,9-,10+,11?,12?/m11/s1. The van der Waals surface area contributed by atoms with Gasteiger partial charge in [-0.05, 0) is 20.8 Å². The number of ether oxygens (including phenoxy) is 11. The summed E-state index contributed by atoms with van der Waals surface area (Å²) < 4.78 is 58.9. The van der Waals surface area contributed by atoms with E-state index in [0.29, 0.717) is 0 Å². The number of rotatable bonds is 7. The quantitative estimate of drug-likeness (QED) is 0.247. The zero-order valence-corrected chi connectivity index (χ0v) is 22.9. The Morgan fingerprint density at radius 3 is 1.90 bits per heavy atom. The maximum absolute atomic E-state index is 11.4. The van der Waals surface area contributed by atoms with E-state index in [-0.39, 0.29) is 44.7 Å². The lowest BCUT2D eigenvalue weighted by molar-refractivity contribution is -0.215. The van der Waals surface area contributed by atoms with Crippen molar-refractivity contribution in [3.8, 4) is 0 Å². The van der Waals surface area contributed by atoms with E-state index >= 15 is 0 Å². The molecule has 5 rings (SSSR count). The van der Waals surface area contributed by atoms with Crippen LogP contribution in [0.2, 0.25) is 0 Å². The molecule has 224 valence electrons. The molecule has 0 N–H and O–H groups in total. The van der Waals surface area contributed by atoms with Crippen LogP contribution in [-0.2, 0) is 56.9 Å². The van der Waals surface area contributed by atoms with Crippen LogP contribution in [0.25, 0.3) is 0 Å². The SMILES string of the molecule is C=CCOC(=O)O[C@@H]1COC2C1OC(C)[C@@H]2OC(C)=O.C=CCOC(=O)O[C@@H]1COC2C1O[C@@H]1OC(C)(C)O[C@H]21. The smallest absolute Gasteiger partial charge is 0.457 e. The topological polar surface area (TPSA) is 153 Å². The Hall–Kier alpha value is -2.75. The van der Waals surface area contributed by atoms with Gasteiger partial charge in [-0.3, -0.25) is 4.79 Å². The van der Waals surface area contributed by atoms with Crippen molar-refractivity contribution in [1.29, 1.82) is 0 Å². The lowest BCUT2D eigenvalue weighted by Gasteiger charge is -2.22. The average Bonchev–Trinajstić information content (AvgIpc) is 3.66. The Kier molecular flexibility index (Phi) is 9.69. The van der Waals surface area contributed by atoms with Crippen LogP contribution in [0.5, 0.6) is 0 Å². The third-order valence-corrected chi connectivity index (χ3v) is 6.58. The molecule has 0 aromatic carbocycles. The van der Waals surface area contributed by atoms with E-state index in [2.05, 4.69) is 13.2 Å². The van der Waals surface area contributed by atoms with Crippen molar-refractivity contribution < 1.29 is 66.5 Å². The van der Waals surface area contributed by atoms with Crippen LogP contribution in [0.4, 0.5) is 9.59 Å². The molecule has 0 amide bonds. The predicted octanol–water partition coefficient (Wildman–Crippen LogP) is 1.78. The number of esters is 1. The van der Waals surface area contributed by atoms with E-state index in [0.717, 1.165) is 0 Å². The molecule has 0 radical (unpaired) electrons. The number of carbonyl (C=O) groups is 3. The van der Waals surface area contributed by atoms with Crippen molar-refractivity contribution in [2.75, 3.05) is 26.4 Å². The fourth-order valence-electron chi connectivity index (χ4n) is 5.07. The summed E-state index contributed by atoms with van der Waals surface area (Å²) in [6.45, 7) is 14.3. The fourth-order valence-corrected chi connectivity index (χ4v) is 5.07. The van der Waals surface area contributed by atoms with Crippen LogP contribution in [-0.4, -0.2) is 112 Å². The summed E-state index contributed by atoms with van der Waals surface area (Å²) in [4.78, 5) is 33.9. The Labute approximate surface area is 231 Å². The molecule has 5 aliphatic heterocycles. The highest BCUT2D eigenvalue weighted by molar-refractivity contribution is 5.66. The van der Waals surface area contributed by atoms with Gasteiger partial charge in [-0.15, -0.1) is 0 Å². The minimum atomic E-state index is -0.800. The first kappa shape index (κ1) is 30.2. The first-order valence-corrected chi connectivity index (χ1v) is 13.0. The largest absolute Gasteiger partial charge is 0.509 e. The highest BCUT2D eigenvalue weighted by Crippen LogP contribution is 2.42. The first-order chi connectivity index (χ1) is 19.0. The van der Waals surface area contributed by atoms with Crippen LogP contribution in [0.3, 0.4) is 0 Å². The molecular formula is C26H36O14. The molecule has 14 nitrogen and oxygen atoms in total. The van der Waals surface area contributed by atoms with Gasteiger partial charge in [0.2, 0.25) is 0 Å². The molecule has 0 aromatic heterocycles. The molecule has 5 heterocycles. The molecule has 5 saturated heterocycles. The number of carbonyl (C=O) groups excluding carboxylic acids is 3. The molecule has 0 aliphatic carbocycles. The summed E-state index contributed by atoms with van der Waals surface area (Å²) in [5.41, 5.74) is 0. The van der Waals surface area contributed by atoms with Crippen molar-refractivity contribution in [3.05, 3.63) is 25.3 Å². The summed E-state index contributed by atoms with van der Waals surface area (Å²) in [6.07, 6.45) is -2.89. The maximum atomic E-state index is 11.4. The van der Waals surface area contributed by atoms with E-state index < -0.39 is 67.0 Å². The van der Waals surface area contributed by atoms with Crippen LogP contribution in [0, 0.1) is 0 Å². The van der Waals surface area contributed by atoms with Gasteiger partial charge in [-0.2, -0.15) is 0 Å². The van der Waals surface area contributed by atoms with Crippen molar-refractivity contribution in [3.63, 3.8) is 0 Å². The second-order valence-electron chi connectivity index (χ2n) is 10.1. The predicted molar refractivity (Wildman–Crippen MR) is 131 cm³/mol. The van der Waals surface area contributed by atoms with Crippen molar-refractivity contribution in [2.24, 2.45) is 0 Å². The molecule has 5 fully saturated rings. The summed E-state index contributed by atoms with van der Waals surface area (Å²) in [6, 6.07) is 0. The zero-order valence-electron chi connectivity index (χ0n) is 22.9. The first-order valence-electron chi connectivity index (χ1n) is 13.0. The second kappa shape index (κ2) is 12.8. The van der Waals surface area contributed by atoms with Gasteiger partial charge in [0.15, 0.2) is 30.4 Å². The third kappa shape index (κ3) is 6.93. The van der Waals surface area contributed by atoms with E-state index in [1.807, 2.05) is 13.8 Å². The Bertz CT molecular complexity index is 952. The minimum Gasteiger partial charge on any atom is -0.457 e. The highest BCUT2D eigenvalue weighted by Gasteiger charge is 2.61. The van der Waals surface area contributed by atoms with Crippen LogP contribution < -0.4 is 0 Å². The normalized spacial score (nSPS) is 38.1. The number of hydrogen-bond acceptors (Lipinski definition) is 14. The number of hydrogen-bond donors (Lipinski definition) is 0. The molecule has 10 atom stereocenters. The lowest BCUT2D eigenvalue weighted by Crippen LogP contribution is -2.37. The lowest BCUT2D eigenvalue weighted by atomic mass is 10.1. The zero-order chi connectivity index (χ0) is 29.0. The van der Waals surface area contributed by atoms with Gasteiger partial charge in [0.05, 0.1) is 19.3 Å².